The second kappa shape index (κ2) is 10.0. The molecule has 0 bridgehead atoms. The summed E-state index contributed by atoms with van der Waals surface area (Å²) in [6.45, 7) is 5.65. The summed E-state index contributed by atoms with van der Waals surface area (Å²) >= 11 is 0. The second-order valence-electron chi connectivity index (χ2n) is 9.73. The number of aliphatic imine (C=N–C) groups is 1. The van der Waals surface area contributed by atoms with Crippen molar-refractivity contribution in [2.45, 2.75) is 51.3 Å². The van der Waals surface area contributed by atoms with E-state index in [0.717, 1.165) is 47.6 Å². The Morgan fingerprint density at radius 1 is 1.27 bits per heavy atom. The number of hydrogen-bond donors (Lipinski definition) is 3. The Balaban J connectivity index is 1.30. The molecule has 1 aliphatic carbocycles. The van der Waals surface area contributed by atoms with Gasteiger partial charge in [0, 0.05) is 25.4 Å². The summed E-state index contributed by atoms with van der Waals surface area (Å²) in [4.78, 5) is 21.8. The smallest absolute Gasteiger partial charge is 0.226 e. The van der Waals surface area contributed by atoms with Crippen LogP contribution in [0.3, 0.4) is 0 Å². The van der Waals surface area contributed by atoms with E-state index in [9.17, 15) is 9.90 Å². The maximum Gasteiger partial charge on any atom is 0.226 e. The summed E-state index contributed by atoms with van der Waals surface area (Å²) < 4.78 is 5.29. The molecule has 2 heterocycles. The number of methoxy groups -OCH3 is 1. The molecule has 1 aromatic heterocycles. The molecule has 0 radical (unpaired) electrons. The van der Waals surface area contributed by atoms with Gasteiger partial charge in [0.05, 0.1) is 36.9 Å². The van der Waals surface area contributed by atoms with Crippen molar-refractivity contribution in [3.8, 4) is 0 Å². The number of nitrogens with one attached hydrogen (secondary N) is 2. The molecule has 1 saturated carbocycles. The maximum absolute atomic E-state index is 12.7. The molecule has 2 aromatic rings. The number of pyridine rings is 1. The molecule has 1 atom stereocenters. The molecule has 3 N–H and O–H groups in total. The lowest BCUT2D eigenvalue weighted by Crippen LogP contribution is -2.44. The van der Waals surface area contributed by atoms with E-state index >= 15 is 0 Å². The number of amidine groups is 1. The van der Waals surface area contributed by atoms with Gasteiger partial charge in [0.25, 0.3) is 0 Å². The van der Waals surface area contributed by atoms with Crippen LogP contribution in [0.5, 0.6) is 0 Å². The quantitative estimate of drug-likeness (QED) is 0.546. The average molecular weight is 451 g/mol. The highest BCUT2D eigenvalue weighted by molar-refractivity contribution is 6.01. The van der Waals surface area contributed by atoms with Crippen LogP contribution in [0.4, 0.5) is 0 Å². The number of fused-ring (bicyclic) bond motifs is 1. The zero-order chi connectivity index (χ0) is 23.4. The normalized spacial score (nSPS) is 20.4. The lowest BCUT2D eigenvalue weighted by atomic mass is 9.67. The van der Waals surface area contributed by atoms with E-state index < -0.39 is 5.60 Å². The van der Waals surface area contributed by atoms with Crippen molar-refractivity contribution in [1.29, 1.82) is 0 Å². The number of carbonyl (C=O) groups is 1. The number of rotatable bonds is 9. The molecule has 1 fully saturated rings. The van der Waals surface area contributed by atoms with Crippen molar-refractivity contribution in [2.24, 2.45) is 16.8 Å². The van der Waals surface area contributed by atoms with Crippen LogP contribution in [-0.4, -0.2) is 47.7 Å². The van der Waals surface area contributed by atoms with Crippen LogP contribution in [0, 0.1) is 11.8 Å². The largest absolute Gasteiger partial charge is 0.390 e. The van der Waals surface area contributed by atoms with E-state index in [0.29, 0.717) is 25.0 Å². The van der Waals surface area contributed by atoms with Crippen molar-refractivity contribution in [2.75, 3.05) is 20.3 Å². The van der Waals surface area contributed by atoms with E-state index in [2.05, 4.69) is 20.6 Å². The molecule has 7 nitrogen and oxygen atoms in total. The van der Waals surface area contributed by atoms with Gasteiger partial charge in [-0.2, -0.15) is 0 Å². The molecule has 0 saturated heterocycles. The number of benzene rings is 1. The van der Waals surface area contributed by atoms with Crippen LogP contribution < -0.4 is 10.6 Å². The van der Waals surface area contributed by atoms with Crippen molar-refractivity contribution >= 4 is 11.7 Å². The van der Waals surface area contributed by atoms with Crippen LogP contribution in [0.25, 0.3) is 0 Å². The van der Waals surface area contributed by atoms with Gasteiger partial charge in [0.2, 0.25) is 5.91 Å². The molecule has 0 spiro atoms. The number of aliphatic hydroxyl groups is 1. The first-order valence-corrected chi connectivity index (χ1v) is 11.7. The Kier molecular flexibility index (Phi) is 7.10. The fraction of sp³-hybridized carbons (Fsp3) is 0.500. The van der Waals surface area contributed by atoms with Crippen LogP contribution in [0.2, 0.25) is 0 Å². The summed E-state index contributed by atoms with van der Waals surface area (Å²) in [7, 11) is 1.63. The topological polar surface area (TPSA) is 95.8 Å². The minimum atomic E-state index is -0.592. The summed E-state index contributed by atoms with van der Waals surface area (Å²) in [5, 5.41) is 16.6. The van der Waals surface area contributed by atoms with Crippen LogP contribution in [0.1, 0.15) is 55.1 Å². The molecule has 4 rings (SSSR count). The van der Waals surface area contributed by atoms with Crippen molar-refractivity contribution in [1.82, 2.24) is 15.6 Å². The number of hydrogen-bond acceptors (Lipinski definition) is 6. The number of ether oxygens (including phenoxy) is 1. The Morgan fingerprint density at radius 3 is 2.73 bits per heavy atom. The van der Waals surface area contributed by atoms with E-state index in [1.54, 1.807) is 7.11 Å². The third-order valence-corrected chi connectivity index (χ3v) is 6.71. The molecule has 1 aliphatic heterocycles. The van der Waals surface area contributed by atoms with Gasteiger partial charge >= 0.3 is 0 Å². The van der Waals surface area contributed by atoms with Gasteiger partial charge in [-0.3, -0.25) is 14.8 Å². The number of amides is 1. The van der Waals surface area contributed by atoms with Crippen molar-refractivity contribution in [3.05, 3.63) is 65.0 Å². The molecule has 33 heavy (non-hydrogen) atoms. The summed E-state index contributed by atoms with van der Waals surface area (Å²) in [6, 6.07) is 11.6. The monoisotopic (exact) mass is 450 g/mol. The van der Waals surface area contributed by atoms with Crippen LogP contribution in [0.15, 0.2) is 47.6 Å². The Morgan fingerprint density at radius 2 is 2.03 bits per heavy atom. The lowest BCUT2D eigenvalue weighted by Gasteiger charge is -2.42. The third kappa shape index (κ3) is 5.78. The van der Waals surface area contributed by atoms with Gasteiger partial charge in [-0.15, -0.1) is 0 Å². The summed E-state index contributed by atoms with van der Waals surface area (Å²) in [6.07, 6.45) is 4.11. The fourth-order valence-electron chi connectivity index (χ4n) is 4.59. The summed E-state index contributed by atoms with van der Waals surface area (Å²) in [5.74, 6) is 1.73. The predicted octanol–water partition coefficient (Wildman–Crippen LogP) is 2.77. The zero-order valence-electron chi connectivity index (χ0n) is 19.7. The lowest BCUT2D eigenvalue weighted by molar-refractivity contribution is -0.121. The Bertz CT molecular complexity index is 994. The van der Waals surface area contributed by atoms with Gasteiger partial charge in [0.15, 0.2) is 0 Å². The highest BCUT2D eigenvalue weighted by atomic mass is 16.5. The molecule has 7 heteroatoms. The fourth-order valence-corrected chi connectivity index (χ4v) is 4.59. The SMILES string of the molecule is COC[C@@H](NC(=O)Cc1cc2c(cn1)C(NCC1CC(C(C)(C)O)C1)=NC2)c1ccccc1. The number of nitrogens with zero attached hydrogens (tertiary/aromatic N) is 2. The first kappa shape index (κ1) is 23.4. The van der Waals surface area contributed by atoms with Gasteiger partial charge in [-0.05, 0) is 55.7 Å². The van der Waals surface area contributed by atoms with Crippen LogP contribution >= 0.6 is 0 Å². The first-order valence-electron chi connectivity index (χ1n) is 11.7. The highest BCUT2D eigenvalue weighted by Gasteiger charge is 2.38. The van der Waals surface area contributed by atoms with Gasteiger partial charge < -0.3 is 20.5 Å². The minimum Gasteiger partial charge on any atom is -0.390 e. The van der Waals surface area contributed by atoms with Crippen molar-refractivity contribution in [3.63, 3.8) is 0 Å². The Hall–Kier alpha value is -2.77. The minimum absolute atomic E-state index is 0.0861. The van der Waals surface area contributed by atoms with Gasteiger partial charge in [-0.1, -0.05) is 30.3 Å². The van der Waals surface area contributed by atoms with E-state index in [-0.39, 0.29) is 18.4 Å². The van der Waals surface area contributed by atoms with E-state index in [1.165, 1.54) is 0 Å². The molecule has 0 unspecified atom stereocenters. The molecule has 1 aromatic carbocycles. The molecular formula is C26H34N4O3. The molecule has 1 amide bonds. The maximum atomic E-state index is 12.7. The first-order chi connectivity index (χ1) is 15.8. The van der Waals surface area contributed by atoms with E-state index in [4.69, 9.17) is 4.74 Å². The summed E-state index contributed by atoms with van der Waals surface area (Å²) in [5.41, 5.74) is 3.26. The highest BCUT2D eigenvalue weighted by Crippen LogP contribution is 2.40. The number of aromatic nitrogens is 1. The zero-order valence-corrected chi connectivity index (χ0v) is 19.7. The number of carbonyl (C=O) groups excluding carboxylic acids is 1. The molecular weight excluding hydrogens is 416 g/mol. The van der Waals surface area contributed by atoms with E-state index in [1.807, 2.05) is 56.4 Å². The molecule has 2 aliphatic rings. The molecule has 176 valence electrons. The standard InChI is InChI=1S/C26H34N4O3/c1-26(2,32)20-9-17(10-20)13-28-25-22-15-27-21(11-19(22)14-29-25)12-24(31)30-23(16-33-3)18-7-5-4-6-8-18/h4-8,11,15,17,20,23,32H,9-10,12-14,16H2,1-3H3,(H,28,29)(H,30,31)/t17?,20?,23-/m1/s1. The van der Waals surface area contributed by atoms with Crippen molar-refractivity contribution < 1.29 is 14.6 Å². The third-order valence-electron chi connectivity index (χ3n) is 6.71. The van der Waals surface area contributed by atoms with Crippen LogP contribution in [-0.2, 0) is 22.5 Å². The predicted molar refractivity (Wildman–Crippen MR) is 128 cm³/mol. The van der Waals surface area contributed by atoms with Gasteiger partial charge in [-0.25, -0.2) is 0 Å². The second-order valence-corrected chi connectivity index (χ2v) is 9.73. The van der Waals surface area contributed by atoms with Gasteiger partial charge in [0.1, 0.15) is 5.84 Å². The average Bonchev–Trinajstić information content (AvgIpc) is 3.14. The Labute approximate surface area is 195 Å².